The fourth-order valence-electron chi connectivity index (χ4n) is 1.61. The minimum atomic E-state index is 0.106. The van der Waals surface area contributed by atoms with E-state index in [4.69, 9.17) is 27.9 Å². The Morgan fingerprint density at radius 1 is 1.38 bits per heavy atom. The number of hydrogen-bond donors (Lipinski definition) is 0. The average Bonchev–Trinajstić information content (AvgIpc) is 2.23. The number of nitrogens with zero attached hydrogens (tertiary/aromatic N) is 1. The SMILES string of the molecule is COc1cc(C)c(Cl)cc1C(CCl)N(C)C. The fraction of sp³-hybridized carbons (Fsp3) is 0.500. The van der Waals surface area contributed by atoms with Gasteiger partial charge in [-0.25, -0.2) is 0 Å². The quantitative estimate of drug-likeness (QED) is 0.770. The van der Waals surface area contributed by atoms with E-state index in [0.717, 1.165) is 21.9 Å². The van der Waals surface area contributed by atoms with E-state index in [2.05, 4.69) is 4.90 Å². The monoisotopic (exact) mass is 261 g/mol. The van der Waals surface area contributed by atoms with Crippen LogP contribution in [0.2, 0.25) is 5.02 Å². The molecule has 90 valence electrons. The lowest BCUT2D eigenvalue weighted by Crippen LogP contribution is -2.22. The normalized spacial score (nSPS) is 12.9. The molecule has 0 saturated carbocycles. The second kappa shape index (κ2) is 5.76. The zero-order valence-electron chi connectivity index (χ0n) is 10.1. The molecule has 0 amide bonds. The molecular weight excluding hydrogens is 245 g/mol. The van der Waals surface area contributed by atoms with Crippen molar-refractivity contribution in [2.45, 2.75) is 13.0 Å². The number of benzene rings is 1. The summed E-state index contributed by atoms with van der Waals surface area (Å²) < 4.78 is 5.37. The zero-order chi connectivity index (χ0) is 12.3. The molecule has 1 aromatic carbocycles. The average molecular weight is 262 g/mol. The molecule has 0 fully saturated rings. The number of halogens is 2. The topological polar surface area (TPSA) is 12.5 Å². The van der Waals surface area contributed by atoms with Crippen LogP contribution in [0.5, 0.6) is 5.75 Å². The maximum atomic E-state index is 6.13. The van der Waals surface area contributed by atoms with E-state index >= 15 is 0 Å². The van der Waals surface area contributed by atoms with Gasteiger partial charge in [0.05, 0.1) is 13.2 Å². The number of aryl methyl sites for hydroxylation is 1. The highest BCUT2D eigenvalue weighted by atomic mass is 35.5. The molecule has 0 aromatic heterocycles. The van der Waals surface area contributed by atoms with E-state index in [1.54, 1.807) is 7.11 Å². The fourth-order valence-corrected chi connectivity index (χ4v) is 2.22. The first-order valence-electron chi connectivity index (χ1n) is 5.07. The summed E-state index contributed by atoms with van der Waals surface area (Å²) in [7, 11) is 5.63. The molecule has 1 aromatic rings. The highest BCUT2D eigenvalue weighted by Gasteiger charge is 2.18. The molecule has 0 saturated heterocycles. The van der Waals surface area contributed by atoms with Gasteiger partial charge in [-0.2, -0.15) is 0 Å². The van der Waals surface area contributed by atoms with Crippen LogP contribution in [-0.4, -0.2) is 32.0 Å². The van der Waals surface area contributed by atoms with E-state index < -0.39 is 0 Å². The summed E-state index contributed by atoms with van der Waals surface area (Å²) in [6.07, 6.45) is 0. The molecule has 16 heavy (non-hydrogen) atoms. The van der Waals surface area contributed by atoms with Gasteiger partial charge in [-0.1, -0.05) is 11.6 Å². The van der Waals surface area contributed by atoms with Crippen molar-refractivity contribution in [2.75, 3.05) is 27.1 Å². The molecule has 0 aliphatic heterocycles. The molecule has 4 heteroatoms. The van der Waals surface area contributed by atoms with Crippen molar-refractivity contribution in [3.63, 3.8) is 0 Å². The summed E-state index contributed by atoms with van der Waals surface area (Å²) in [5, 5.41) is 0.743. The molecule has 0 aliphatic carbocycles. The summed E-state index contributed by atoms with van der Waals surface area (Å²) in [5.74, 6) is 1.34. The van der Waals surface area contributed by atoms with Crippen LogP contribution in [0.15, 0.2) is 12.1 Å². The molecule has 1 unspecified atom stereocenters. The Bertz CT molecular complexity index is 366. The van der Waals surface area contributed by atoms with Crippen LogP contribution in [0.1, 0.15) is 17.2 Å². The van der Waals surface area contributed by atoms with Crippen LogP contribution in [0, 0.1) is 6.92 Å². The lowest BCUT2D eigenvalue weighted by atomic mass is 10.0. The number of rotatable bonds is 4. The number of methoxy groups -OCH3 is 1. The van der Waals surface area contributed by atoms with Crippen LogP contribution in [-0.2, 0) is 0 Å². The number of alkyl halides is 1. The smallest absolute Gasteiger partial charge is 0.124 e. The third kappa shape index (κ3) is 2.82. The lowest BCUT2D eigenvalue weighted by molar-refractivity contribution is 0.311. The first-order chi connectivity index (χ1) is 7.51. The summed E-state index contributed by atoms with van der Waals surface area (Å²) in [4.78, 5) is 2.05. The molecule has 0 N–H and O–H groups in total. The van der Waals surface area contributed by atoms with Crippen molar-refractivity contribution < 1.29 is 4.74 Å². The van der Waals surface area contributed by atoms with Gasteiger partial charge in [0, 0.05) is 16.5 Å². The molecule has 0 aliphatic rings. The van der Waals surface area contributed by atoms with Crippen molar-refractivity contribution in [1.29, 1.82) is 0 Å². The van der Waals surface area contributed by atoms with Crippen molar-refractivity contribution >= 4 is 23.2 Å². The van der Waals surface area contributed by atoms with E-state index in [0.29, 0.717) is 5.88 Å². The standard InChI is InChI=1S/C12H17Cl2NO/c1-8-5-12(16-4)9(6-10(8)14)11(7-13)15(2)3/h5-6,11H,7H2,1-4H3. The maximum Gasteiger partial charge on any atom is 0.124 e. The lowest BCUT2D eigenvalue weighted by Gasteiger charge is -2.24. The Morgan fingerprint density at radius 2 is 2.00 bits per heavy atom. The van der Waals surface area contributed by atoms with E-state index in [1.807, 2.05) is 33.2 Å². The predicted octanol–water partition coefficient (Wildman–Crippen LogP) is 3.50. The van der Waals surface area contributed by atoms with Crippen LogP contribution in [0.4, 0.5) is 0 Å². The summed E-state index contributed by atoms with van der Waals surface area (Å²) in [6, 6.07) is 3.98. The third-order valence-corrected chi connectivity index (χ3v) is 3.34. The number of hydrogen-bond acceptors (Lipinski definition) is 2. The van der Waals surface area contributed by atoms with Crippen LogP contribution < -0.4 is 4.74 Å². The highest BCUT2D eigenvalue weighted by Crippen LogP contribution is 2.33. The molecule has 2 nitrogen and oxygen atoms in total. The maximum absolute atomic E-state index is 6.13. The molecular formula is C12H17Cl2NO. The van der Waals surface area contributed by atoms with Gasteiger partial charge in [-0.15, -0.1) is 11.6 Å². The Kier molecular flexibility index (Phi) is 4.90. The third-order valence-electron chi connectivity index (χ3n) is 2.64. The second-order valence-electron chi connectivity index (χ2n) is 3.98. The van der Waals surface area contributed by atoms with Gasteiger partial charge < -0.3 is 9.64 Å². The Labute approximate surface area is 107 Å². The van der Waals surface area contributed by atoms with Crippen LogP contribution in [0.3, 0.4) is 0 Å². The van der Waals surface area contributed by atoms with Crippen molar-refractivity contribution in [2.24, 2.45) is 0 Å². The molecule has 0 radical (unpaired) electrons. The van der Waals surface area contributed by atoms with Gasteiger partial charge >= 0.3 is 0 Å². The molecule has 0 heterocycles. The molecule has 1 atom stereocenters. The van der Waals surface area contributed by atoms with Crippen molar-refractivity contribution in [3.8, 4) is 5.75 Å². The van der Waals surface area contributed by atoms with Gasteiger partial charge in [0.2, 0.25) is 0 Å². The van der Waals surface area contributed by atoms with Gasteiger partial charge in [0.25, 0.3) is 0 Å². The van der Waals surface area contributed by atoms with Crippen LogP contribution >= 0.6 is 23.2 Å². The summed E-state index contributed by atoms with van der Waals surface area (Å²) in [5.41, 5.74) is 2.03. The van der Waals surface area contributed by atoms with Gasteiger partial charge in [-0.3, -0.25) is 0 Å². The molecule has 1 rings (SSSR count). The zero-order valence-corrected chi connectivity index (χ0v) is 11.6. The van der Waals surface area contributed by atoms with E-state index in [-0.39, 0.29) is 6.04 Å². The first kappa shape index (κ1) is 13.6. The van der Waals surface area contributed by atoms with Gasteiger partial charge in [-0.05, 0) is 38.7 Å². The Hall–Kier alpha value is -0.440. The van der Waals surface area contributed by atoms with E-state index in [1.165, 1.54) is 0 Å². The summed E-state index contributed by atoms with van der Waals surface area (Å²) >= 11 is 12.1. The summed E-state index contributed by atoms with van der Waals surface area (Å²) in [6.45, 7) is 1.96. The van der Waals surface area contributed by atoms with Gasteiger partial charge in [0.15, 0.2) is 0 Å². The minimum absolute atomic E-state index is 0.106. The highest BCUT2D eigenvalue weighted by molar-refractivity contribution is 6.31. The van der Waals surface area contributed by atoms with Gasteiger partial charge in [0.1, 0.15) is 5.75 Å². The minimum Gasteiger partial charge on any atom is -0.496 e. The largest absolute Gasteiger partial charge is 0.496 e. The Balaban J connectivity index is 3.24. The number of ether oxygens (including phenoxy) is 1. The van der Waals surface area contributed by atoms with Crippen LogP contribution in [0.25, 0.3) is 0 Å². The predicted molar refractivity (Wildman–Crippen MR) is 69.9 cm³/mol. The van der Waals surface area contributed by atoms with Crippen molar-refractivity contribution in [3.05, 3.63) is 28.3 Å². The van der Waals surface area contributed by atoms with Crippen molar-refractivity contribution in [1.82, 2.24) is 4.90 Å². The second-order valence-corrected chi connectivity index (χ2v) is 4.69. The molecule has 0 bridgehead atoms. The molecule has 0 spiro atoms. The van der Waals surface area contributed by atoms with E-state index in [9.17, 15) is 0 Å². The first-order valence-corrected chi connectivity index (χ1v) is 5.99. The Morgan fingerprint density at radius 3 is 2.44 bits per heavy atom.